The summed E-state index contributed by atoms with van der Waals surface area (Å²) in [5, 5.41) is 3.87. The van der Waals surface area contributed by atoms with Crippen LogP contribution in [0.15, 0.2) is 53.0 Å². The largest absolute Gasteiger partial charge is 0.376 e. The van der Waals surface area contributed by atoms with Crippen molar-refractivity contribution in [1.29, 1.82) is 0 Å². The number of aryl methyl sites for hydroxylation is 1. The summed E-state index contributed by atoms with van der Waals surface area (Å²) < 4.78 is 6.54. The van der Waals surface area contributed by atoms with Gasteiger partial charge in [-0.2, -0.15) is 0 Å². The van der Waals surface area contributed by atoms with E-state index in [1.54, 1.807) is 0 Å². The van der Waals surface area contributed by atoms with Crippen molar-refractivity contribution in [3.63, 3.8) is 0 Å². The Kier molecular flexibility index (Phi) is 5.23. The highest BCUT2D eigenvalue weighted by atomic mass is 79.9. The van der Waals surface area contributed by atoms with Crippen LogP contribution in [0.3, 0.4) is 0 Å². The van der Waals surface area contributed by atoms with Crippen molar-refractivity contribution in [2.24, 2.45) is 0 Å². The SMILES string of the molecule is Cc1cccc(-c2cc(C(=O)NC[C@@H]3CCCO3)c3cc(Br)ccc3n2)c1. The van der Waals surface area contributed by atoms with Crippen LogP contribution in [0.5, 0.6) is 0 Å². The van der Waals surface area contributed by atoms with Crippen LogP contribution in [0.4, 0.5) is 0 Å². The zero-order valence-corrected chi connectivity index (χ0v) is 16.8. The number of hydrogen-bond acceptors (Lipinski definition) is 3. The Hall–Kier alpha value is -2.24. The first-order valence-electron chi connectivity index (χ1n) is 9.17. The molecule has 1 aliphatic heterocycles. The number of rotatable bonds is 4. The number of halogens is 1. The second-order valence-corrected chi connectivity index (χ2v) is 7.85. The number of nitrogens with zero attached hydrogens (tertiary/aromatic N) is 1. The Balaban J connectivity index is 1.74. The van der Waals surface area contributed by atoms with Crippen molar-refractivity contribution in [3.05, 3.63) is 64.1 Å². The molecule has 1 saturated heterocycles. The smallest absolute Gasteiger partial charge is 0.252 e. The van der Waals surface area contributed by atoms with Gasteiger partial charge in [0.05, 0.1) is 22.9 Å². The van der Waals surface area contributed by atoms with Crippen molar-refractivity contribution in [2.75, 3.05) is 13.2 Å². The van der Waals surface area contributed by atoms with E-state index in [2.05, 4.69) is 40.3 Å². The van der Waals surface area contributed by atoms with Crippen molar-refractivity contribution < 1.29 is 9.53 Å². The van der Waals surface area contributed by atoms with Gasteiger partial charge in [0.2, 0.25) is 0 Å². The summed E-state index contributed by atoms with van der Waals surface area (Å²) in [5.41, 5.74) is 4.41. The van der Waals surface area contributed by atoms with E-state index in [4.69, 9.17) is 9.72 Å². The predicted octanol–water partition coefficient (Wildman–Crippen LogP) is 4.88. The van der Waals surface area contributed by atoms with Crippen molar-refractivity contribution in [2.45, 2.75) is 25.9 Å². The Morgan fingerprint density at radius 1 is 1.26 bits per heavy atom. The van der Waals surface area contributed by atoms with Crippen LogP contribution in [0.25, 0.3) is 22.2 Å². The van der Waals surface area contributed by atoms with E-state index in [0.29, 0.717) is 12.1 Å². The van der Waals surface area contributed by atoms with Crippen LogP contribution in [-0.2, 0) is 4.74 Å². The first-order chi connectivity index (χ1) is 13.1. The van der Waals surface area contributed by atoms with Gasteiger partial charge >= 0.3 is 0 Å². The summed E-state index contributed by atoms with van der Waals surface area (Å²) in [4.78, 5) is 17.8. The Bertz CT molecular complexity index is 997. The number of fused-ring (bicyclic) bond motifs is 1. The van der Waals surface area contributed by atoms with E-state index in [-0.39, 0.29) is 12.0 Å². The Morgan fingerprint density at radius 2 is 2.15 bits per heavy atom. The Labute approximate surface area is 167 Å². The van der Waals surface area contributed by atoms with Gasteiger partial charge in [-0.3, -0.25) is 4.79 Å². The minimum Gasteiger partial charge on any atom is -0.376 e. The van der Waals surface area contributed by atoms with E-state index < -0.39 is 0 Å². The number of pyridine rings is 1. The molecule has 5 heteroatoms. The van der Waals surface area contributed by atoms with Crippen LogP contribution >= 0.6 is 15.9 Å². The average Bonchev–Trinajstić information content (AvgIpc) is 3.19. The summed E-state index contributed by atoms with van der Waals surface area (Å²) in [6.45, 7) is 3.37. The summed E-state index contributed by atoms with van der Waals surface area (Å²) in [5.74, 6) is -0.0927. The fourth-order valence-electron chi connectivity index (χ4n) is 3.45. The van der Waals surface area contributed by atoms with Crippen LogP contribution in [0, 0.1) is 6.92 Å². The maximum atomic E-state index is 13.0. The molecule has 1 amide bonds. The highest BCUT2D eigenvalue weighted by molar-refractivity contribution is 9.10. The van der Waals surface area contributed by atoms with Crippen molar-refractivity contribution in [3.8, 4) is 11.3 Å². The molecule has 3 aromatic rings. The molecule has 138 valence electrons. The lowest BCUT2D eigenvalue weighted by atomic mass is 10.0. The number of aromatic nitrogens is 1. The molecular weight excluding hydrogens is 404 g/mol. The lowest BCUT2D eigenvalue weighted by molar-refractivity contribution is 0.0859. The molecule has 1 N–H and O–H groups in total. The van der Waals surface area contributed by atoms with Gasteiger partial charge in [0.15, 0.2) is 0 Å². The normalized spacial score (nSPS) is 16.6. The fraction of sp³-hybridized carbons (Fsp3) is 0.273. The molecule has 1 atom stereocenters. The molecule has 0 saturated carbocycles. The number of carbonyl (C=O) groups is 1. The third kappa shape index (κ3) is 4.04. The first kappa shape index (κ1) is 18.1. The maximum Gasteiger partial charge on any atom is 0.252 e. The van der Waals surface area contributed by atoms with E-state index in [0.717, 1.165) is 51.6 Å². The average molecular weight is 425 g/mol. The number of hydrogen-bond donors (Lipinski definition) is 1. The topological polar surface area (TPSA) is 51.2 Å². The van der Waals surface area contributed by atoms with Gasteiger partial charge in [0.25, 0.3) is 5.91 Å². The van der Waals surface area contributed by atoms with E-state index in [9.17, 15) is 4.79 Å². The molecule has 0 aliphatic carbocycles. The minimum atomic E-state index is -0.0927. The number of nitrogens with one attached hydrogen (secondary N) is 1. The van der Waals surface area contributed by atoms with Crippen LogP contribution in [0.1, 0.15) is 28.8 Å². The summed E-state index contributed by atoms with van der Waals surface area (Å²) in [6.07, 6.45) is 2.17. The summed E-state index contributed by atoms with van der Waals surface area (Å²) in [7, 11) is 0. The molecule has 0 radical (unpaired) electrons. The molecule has 4 nitrogen and oxygen atoms in total. The van der Waals surface area contributed by atoms with E-state index >= 15 is 0 Å². The number of amides is 1. The minimum absolute atomic E-state index is 0.0927. The van der Waals surface area contributed by atoms with Gasteiger partial charge in [-0.1, -0.05) is 39.7 Å². The molecule has 1 fully saturated rings. The first-order valence-corrected chi connectivity index (χ1v) is 9.96. The van der Waals surface area contributed by atoms with E-state index in [1.165, 1.54) is 0 Å². The molecule has 2 aromatic carbocycles. The van der Waals surface area contributed by atoms with Crippen molar-refractivity contribution >= 4 is 32.7 Å². The van der Waals surface area contributed by atoms with Crippen LogP contribution in [0.2, 0.25) is 0 Å². The van der Waals surface area contributed by atoms with Gasteiger partial charge in [-0.25, -0.2) is 4.98 Å². The quantitative estimate of drug-likeness (QED) is 0.648. The summed E-state index contributed by atoms with van der Waals surface area (Å²) >= 11 is 3.50. The predicted molar refractivity (Wildman–Crippen MR) is 111 cm³/mol. The molecule has 1 aliphatic rings. The van der Waals surface area contributed by atoms with Gasteiger partial charge < -0.3 is 10.1 Å². The molecule has 0 bridgehead atoms. The zero-order chi connectivity index (χ0) is 18.8. The van der Waals surface area contributed by atoms with Gasteiger partial charge in [0.1, 0.15) is 0 Å². The number of carbonyl (C=O) groups excluding carboxylic acids is 1. The lowest BCUT2D eigenvalue weighted by Crippen LogP contribution is -2.32. The highest BCUT2D eigenvalue weighted by Gasteiger charge is 2.19. The second-order valence-electron chi connectivity index (χ2n) is 6.93. The second kappa shape index (κ2) is 7.79. The third-order valence-electron chi connectivity index (χ3n) is 4.84. The van der Waals surface area contributed by atoms with Crippen LogP contribution < -0.4 is 5.32 Å². The number of benzene rings is 2. The summed E-state index contributed by atoms with van der Waals surface area (Å²) in [6, 6.07) is 15.9. The fourth-order valence-corrected chi connectivity index (χ4v) is 3.81. The molecule has 2 heterocycles. The van der Waals surface area contributed by atoms with Crippen LogP contribution in [-0.4, -0.2) is 30.1 Å². The molecule has 4 rings (SSSR count). The van der Waals surface area contributed by atoms with Gasteiger partial charge in [-0.15, -0.1) is 0 Å². The van der Waals surface area contributed by atoms with Gasteiger partial charge in [-0.05, 0) is 50.1 Å². The third-order valence-corrected chi connectivity index (χ3v) is 5.34. The maximum absolute atomic E-state index is 13.0. The lowest BCUT2D eigenvalue weighted by Gasteiger charge is -2.13. The highest BCUT2D eigenvalue weighted by Crippen LogP contribution is 2.27. The molecule has 27 heavy (non-hydrogen) atoms. The van der Waals surface area contributed by atoms with Gasteiger partial charge in [0, 0.05) is 28.6 Å². The van der Waals surface area contributed by atoms with E-state index in [1.807, 2.05) is 36.4 Å². The molecule has 1 aromatic heterocycles. The standard InChI is InChI=1S/C22H21BrN2O2/c1-14-4-2-5-15(10-14)21-12-19(18-11-16(23)7-8-20(18)25-21)22(26)24-13-17-6-3-9-27-17/h2,4-5,7-8,10-12,17H,3,6,9,13H2,1H3,(H,24,26)/t17-/m0/s1. The zero-order valence-electron chi connectivity index (χ0n) is 15.2. The molecule has 0 spiro atoms. The monoisotopic (exact) mass is 424 g/mol. The molecule has 0 unspecified atom stereocenters. The van der Waals surface area contributed by atoms with Crippen molar-refractivity contribution in [1.82, 2.24) is 10.3 Å². The molecular formula is C22H21BrN2O2. The Morgan fingerprint density at radius 3 is 2.93 bits per heavy atom. The number of ether oxygens (including phenoxy) is 1.